The lowest BCUT2D eigenvalue weighted by molar-refractivity contribution is 0.124. The summed E-state index contributed by atoms with van der Waals surface area (Å²) in [5.41, 5.74) is 1.37. The number of aryl methyl sites for hydroxylation is 1. The third kappa shape index (κ3) is 3.77. The molecule has 0 radical (unpaired) electrons. The van der Waals surface area contributed by atoms with Gasteiger partial charge in [-0.15, -0.1) is 0 Å². The van der Waals surface area contributed by atoms with Crippen LogP contribution in [0.4, 0.5) is 4.39 Å². The SMILES string of the molecule is Cc1cc(C(O)C(C)NC2CCCCC2)ccc1F. The van der Waals surface area contributed by atoms with Crippen molar-refractivity contribution in [2.24, 2.45) is 0 Å². The zero-order valence-corrected chi connectivity index (χ0v) is 11.8. The zero-order valence-electron chi connectivity index (χ0n) is 11.8. The summed E-state index contributed by atoms with van der Waals surface area (Å²) in [7, 11) is 0. The molecule has 1 fully saturated rings. The third-order valence-corrected chi connectivity index (χ3v) is 4.10. The largest absolute Gasteiger partial charge is 0.387 e. The Balaban J connectivity index is 1.97. The normalized spacial score (nSPS) is 20.2. The first kappa shape index (κ1) is 14.5. The van der Waals surface area contributed by atoms with E-state index in [-0.39, 0.29) is 11.9 Å². The fourth-order valence-corrected chi connectivity index (χ4v) is 2.87. The summed E-state index contributed by atoms with van der Waals surface area (Å²) in [6.07, 6.45) is 5.68. The van der Waals surface area contributed by atoms with Crippen LogP contribution in [0.1, 0.15) is 56.3 Å². The molecular formula is C16H24FNO. The van der Waals surface area contributed by atoms with Crippen molar-refractivity contribution in [3.63, 3.8) is 0 Å². The Morgan fingerprint density at radius 1 is 1.26 bits per heavy atom. The van der Waals surface area contributed by atoms with Crippen LogP contribution < -0.4 is 5.32 Å². The van der Waals surface area contributed by atoms with Gasteiger partial charge in [0.2, 0.25) is 0 Å². The molecule has 0 aromatic heterocycles. The van der Waals surface area contributed by atoms with Gasteiger partial charge in [-0.1, -0.05) is 31.4 Å². The number of hydrogen-bond acceptors (Lipinski definition) is 2. The zero-order chi connectivity index (χ0) is 13.8. The topological polar surface area (TPSA) is 32.3 Å². The lowest BCUT2D eigenvalue weighted by Crippen LogP contribution is -2.41. The van der Waals surface area contributed by atoms with Crippen LogP contribution in [-0.4, -0.2) is 17.2 Å². The predicted octanol–water partition coefficient (Wildman–Crippen LogP) is 3.48. The number of hydrogen-bond donors (Lipinski definition) is 2. The highest BCUT2D eigenvalue weighted by Gasteiger charge is 2.21. The van der Waals surface area contributed by atoms with Crippen molar-refractivity contribution in [3.8, 4) is 0 Å². The molecule has 2 nitrogen and oxygen atoms in total. The molecule has 0 spiro atoms. The molecule has 0 bridgehead atoms. The van der Waals surface area contributed by atoms with Gasteiger partial charge >= 0.3 is 0 Å². The minimum Gasteiger partial charge on any atom is -0.387 e. The summed E-state index contributed by atoms with van der Waals surface area (Å²) < 4.78 is 13.2. The molecule has 1 aromatic rings. The van der Waals surface area contributed by atoms with Gasteiger partial charge < -0.3 is 10.4 Å². The predicted molar refractivity (Wildman–Crippen MR) is 75.6 cm³/mol. The summed E-state index contributed by atoms with van der Waals surface area (Å²) in [5.74, 6) is -0.219. The van der Waals surface area contributed by atoms with Gasteiger partial charge in [0.05, 0.1) is 6.10 Å². The van der Waals surface area contributed by atoms with Gasteiger partial charge in [0.25, 0.3) is 0 Å². The van der Waals surface area contributed by atoms with Crippen LogP contribution in [-0.2, 0) is 0 Å². The standard InChI is InChI=1S/C16H24FNO/c1-11-10-13(8-9-15(11)17)16(19)12(2)18-14-6-4-3-5-7-14/h8-10,12,14,16,18-19H,3-7H2,1-2H3. The first-order chi connectivity index (χ1) is 9.08. The number of nitrogens with one attached hydrogen (secondary N) is 1. The van der Waals surface area contributed by atoms with Crippen molar-refractivity contribution in [3.05, 3.63) is 35.1 Å². The lowest BCUT2D eigenvalue weighted by Gasteiger charge is -2.29. The second-order valence-corrected chi connectivity index (χ2v) is 5.74. The molecule has 1 saturated carbocycles. The minimum atomic E-state index is -0.582. The van der Waals surface area contributed by atoms with E-state index in [4.69, 9.17) is 0 Å². The van der Waals surface area contributed by atoms with E-state index in [9.17, 15) is 9.50 Å². The van der Waals surface area contributed by atoms with E-state index >= 15 is 0 Å². The van der Waals surface area contributed by atoms with Gasteiger partial charge in [-0.25, -0.2) is 4.39 Å². The average molecular weight is 265 g/mol. The Morgan fingerprint density at radius 3 is 2.58 bits per heavy atom. The van der Waals surface area contributed by atoms with Crippen molar-refractivity contribution < 1.29 is 9.50 Å². The quantitative estimate of drug-likeness (QED) is 0.873. The molecule has 2 N–H and O–H groups in total. The Bertz CT molecular complexity index is 415. The second kappa shape index (κ2) is 6.49. The van der Waals surface area contributed by atoms with Crippen LogP contribution in [0.2, 0.25) is 0 Å². The molecule has 2 unspecified atom stereocenters. The Hall–Kier alpha value is -0.930. The Kier molecular flexibility index (Phi) is 4.94. The minimum absolute atomic E-state index is 0.00652. The van der Waals surface area contributed by atoms with E-state index < -0.39 is 6.10 Å². The Labute approximate surface area is 115 Å². The fourth-order valence-electron chi connectivity index (χ4n) is 2.87. The summed E-state index contributed by atoms with van der Waals surface area (Å²) in [6.45, 7) is 3.72. The van der Waals surface area contributed by atoms with E-state index in [0.717, 1.165) is 5.56 Å². The van der Waals surface area contributed by atoms with Crippen LogP contribution in [0, 0.1) is 12.7 Å². The van der Waals surface area contributed by atoms with E-state index in [0.29, 0.717) is 11.6 Å². The molecule has 3 heteroatoms. The molecule has 19 heavy (non-hydrogen) atoms. The molecule has 1 aromatic carbocycles. The van der Waals surface area contributed by atoms with E-state index in [1.54, 1.807) is 19.1 Å². The average Bonchev–Trinajstić information content (AvgIpc) is 2.42. The highest BCUT2D eigenvalue weighted by Crippen LogP contribution is 2.23. The molecule has 106 valence electrons. The van der Waals surface area contributed by atoms with Gasteiger partial charge in [-0.05, 0) is 43.9 Å². The summed E-state index contributed by atoms with van der Waals surface area (Å²) in [4.78, 5) is 0. The number of halogens is 1. The monoisotopic (exact) mass is 265 g/mol. The van der Waals surface area contributed by atoms with Crippen molar-refractivity contribution in [1.82, 2.24) is 5.32 Å². The highest BCUT2D eigenvalue weighted by atomic mass is 19.1. The molecule has 2 rings (SSSR count). The molecule has 0 amide bonds. The molecule has 1 aliphatic rings. The van der Waals surface area contributed by atoms with Gasteiger partial charge in [-0.2, -0.15) is 0 Å². The maximum atomic E-state index is 13.2. The molecule has 0 heterocycles. The molecule has 1 aliphatic carbocycles. The van der Waals surface area contributed by atoms with Gasteiger partial charge in [0.1, 0.15) is 5.82 Å². The van der Waals surface area contributed by atoms with Crippen LogP contribution in [0.25, 0.3) is 0 Å². The second-order valence-electron chi connectivity index (χ2n) is 5.74. The van der Waals surface area contributed by atoms with E-state index in [1.807, 2.05) is 6.92 Å². The van der Waals surface area contributed by atoms with Crippen molar-refractivity contribution in [1.29, 1.82) is 0 Å². The maximum Gasteiger partial charge on any atom is 0.126 e. The number of aliphatic hydroxyl groups excluding tert-OH is 1. The molecule has 2 atom stereocenters. The lowest BCUT2D eigenvalue weighted by atomic mass is 9.93. The van der Waals surface area contributed by atoms with Crippen molar-refractivity contribution in [2.75, 3.05) is 0 Å². The van der Waals surface area contributed by atoms with Crippen molar-refractivity contribution >= 4 is 0 Å². The molecular weight excluding hydrogens is 241 g/mol. The molecule has 0 aliphatic heterocycles. The number of benzene rings is 1. The summed E-state index contributed by atoms with van der Waals surface area (Å²) in [6, 6.07) is 5.35. The van der Waals surface area contributed by atoms with Gasteiger partial charge in [-0.3, -0.25) is 0 Å². The number of aliphatic hydroxyl groups is 1. The third-order valence-electron chi connectivity index (χ3n) is 4.10. The van der Waals surface area contributed by atoms with Gasteiger partial charge in [0.15, 0.2) is 0 Å². The van der Waals surface area contributed by atoms with E-state index in [2.05, 4.69) is 5.32 Å². The van der Waals surface area contributed by atoms with E-state index in [1.165, 1.54) is 38.2 Å². The first-order valence-corrected chi connectivity index (χ1v) is 7.28. The summed E-state index contributed by atoms with van der Waals surface area (Å²) >= 11 is 0. The van der Waals surface area contributed by atoms with Crippen LogP contribution >= 0.6 is 0 Å². The highest BCUT2D eigenvalue weighted by molar-refractivity contribution is 5.26. The summed E-state index contributed by atoms with van der Waals surface area (Å²) in [5, 5.41) is 13.9. The smallest absolute Gasteiger partial charge is 0.126 e. The fraction of sp³-hybridized carbons (Fsp3) is 0.625. The molecule has 0 saturated heterocycles. The number of rotatable bonds is 4. The van der Waals surface area contributed by atoms with Crippen LogP contribution in [0.5, 0.6) is 0 Å². The van der Waals surface area contributed by atoms with Crippen LogP contribution in [0.15, 0.2) is 18.2 Å². The maximum absolute atomic E-state index is 13.2. The van der Waals surface area contributed by atoms with Gasteiger partial charge in [0, 0.05) is 12.1 Å². The van der Waals surface area contributed by atoms with Crippen LogP contribution in [0.3, 0.4) is 0 Å². The Morgan fingerprint density at radius 2 is 1.95 bits per heavy atom. The van der Waals surface area contributed by atoms with Crippen molar-refractivity contribution in [2.45, 2.75) is 64.1 Å². The first-order valence-electron chi connectivity index (χ1n) is 7.28.